The van der Waals surface area contributed by atoms with Crippen molar-refractivity contribution in [2.75, 3.05) is 6.61 Å². The Kier molecular flexibility index (Phi) is 4.92. The monoisotopic (exact) mass is 227 g/mol. The van der Waals surface area contributed by atoms with E-state index in [1.54, 1.807) is 0 Å². The second kappa shape index (κ2) is 5.99. The normalized spacial score (nSPS) is 12.5. The van der Waals surface area contributed by atoms with Crippen molar-refractivity contribution < 1.29 is 4.74 Å². The molecule has 0 saturated heterocycles. The molecule has 1 atom stereocenters. The summed E-state index contributed by atoms with van der Waals surface area (Å²) in [4.78, 5) is 0. The van der Waals surface area contributed by atoms with E-state index in [-0.39, 0.29) is 6.04 Å². The van der Waals surface area contributed by atoms with Gasteiger partial charge in [-0.1, -0.05) is 17.7 Å². The molecule has 0 amide bonds. The van der Waals surface area contributed by atoms with E-state index in [1.807, 2.05) is 32.0 Å². The van der Waals surface area contributed by atoms with E-state index in [0.29, 0.717) is 11.6 Å². The van der Waals surface area contributed by atoms with Crippen LogP contribution in [-0.2, 0) is 0 Å². The molecular weight excluding hydrogens is 210 g/mol. The molecule has 0 aliphatic rings. The van der Waals surface area contributed by atoms with Crippen LogP contribution in [0.4, 0.5) is 0 Å². The first-order chi connectivity index (χ1) is 7.09. The van der Waals surface area contributed by atoms with Crippen LogP contribution in [0.3, 0.4) is 0 Å². The van der Waals surface area contributed by atoms with Crippen LogP contribution in [0.2, 0.25) is 5.02 Å². The third-order valence-corrected chi connectivity index (χ3v) is 2.45. The molecule has 0 aliphatic carbocycles. The fourth-order valence-electron chi connectivity index (χ4n) is 1.32. The van der Waals surface area contributed by atoms with E-state index in [0.717, 1.165) is 24.2 Å². The molecule has 1 aromatic carbocycles. The predicted octanol–water partition coefficient (Wildman–Crippen LogP) is 3.15. The van der Waals surface area contributed by atoms with E-state index in [1.165, 1.54) is 0 Å². The molecule has 0 aliphatic heterocycles. The maximum absolute atomic E-state index is 5.88. The lowest BCUT2D eigenvalue weighted by molar-refractivity contribution is 0.301. The van der Waals surface area contributed by atoms with Crippen LogP contribution in [-0.4, -0.2) is 12.6 Å². The first kappa shape index (κ1) is 12.3. The molecule has 0 heterocycles. The first-order valence-electron chi connectivity index (χ1n) is 5.24. The molecule has 0 radical (unpaired) electrons. The van der Waals surface area contributed by atoms with Gasteiger partial charge in [0.1, 0.15) is 5.75 Å². The molecule has 84 valence electrons. The Morgan fingerprint density at radius 2 is 2.20 bits per heavy atom. The van der Waals surface area contributed by atoms with Crippen molar-refractivity contribution in [3.8, 4) is 5.75 Å². The number of aryl methyl sites for hydroxylation is 1. The number of rotatable bonds is 5. The Labute approximate surface area is 96.4 Å². The molecule has 1 aromatic rings. The van der Waals surface area contributed by atoms with Gasteiger partial charge in [0.2, 0.25) is 0 Å². The number of benzene rings is 1. The number of halogens is 1. The van der Waals surface area contributed by atoms with Crippen molar-refractivity contribution >= 4 is 11.6 Å². The zero-order valence-corrected chi connectivity index (χ0v) is 10.1. The molecule has 0 aromatic heterocycles. The zero-order chi connectivity index (χ0) is 11.3. The SMILES string of the molecule is Cc1ccc(Cl)cc1OCCCC(C)N. The fraction of sp³-hybridized carbons (Fsp3) is 0.500. The van der Waals surface area contributed by atoms with Gasteiger partial charge >= 0.3 is 0 Å². The van der Waals surface area contributed by atoms with Crippen molar-refractivity contribution in [2.24, 2.45) is 5.73 Å². The van der Waals surface area contributed by atoms with Crippen LogP contribution in [0.25, 0.3) is 0 Å². The van der Waals surface area contributed by atoms with Crippen LogP contribution in [0.15, 0.2) is 18.2 Å². The number of hydrogen-bond acceptors (Lipinski definition) is 2. The van der Waals surface area contributed by atoms with Gasteiger partial charge in [0.05, 0.1) is 6.61 Å². The molecule has 0 fully saturated rings. The third kappa shape index (κ3) is 4.54. The topological polar surface area (TPSA) is 35.2 Å². The number of ether oxygens (including phenoxy) is 1. The minimum atomic E-state index is 0.244. The summed E-state index contributed by atoms with van der Waals surface area (Å²) >= 11 is 5.88. The van der Waals surface area contributed by atoms with Crippen molar-refractivity contribution in [2.45, 2.75) is 32.7 Å². The maximum atomic E-state index is 5.88. The maximum Gasteiger partial charge on any atom is 0.123 e. The van der Waals surface area contributed by atoms with Crippen molar-refractivity contribution in [3.63, 3.8) is 0 Å². The molecule has 15 heavy (non-hydrogen) atoms. The van der Waals surface area contributed by atoms with E-state index in [9.17, 15) is 0 Å². The van der Waals surface area contributed by atoms with Crippen molar-refractivity contribution in [3.05, 3.63) is 28.8 Å². The fourth-order valence-corrected chi connectivity index (χ4v) is 1.48. The standard InChI is InChI=1S/C12H18ClNO/c1-9-5-6-11(13)8-12(9)15-7-3-4-10(2)14/h5-6,8,10H,3-4,7,14H2,1-2H3. The molecule has 0 spiro atoms. The highest BCUT2D eigenvalue weighted by Crippen LogP contribution is 2.22. The number of hydrogen-bond donors (Lipinski definition) is 1. The van der Waals surface area contributed by atoms with Crippen LogP contribution >= 0.6 is 11.6 Å². The average Bonchev–Trinajstić information content (AvgIpc) is 2.17. The summed E-state index contributed by atoms with van der Waals surface area (Å²) in [6.45, 7) is 4.71. The Balaban J connectivity index is 2.40. The van der Waals surface area contributed by atoms with Gasteiger partial charge in [-0.15, -0.1) is 0 Å². The summed E-state index contributed by atoms with van der Waals surface area (Å²) < 4.78 is 5.63. The van der Waals surface area contributed by atoms with Gasteiger partial charge in [-0.3, -0.25) is 0 Å². The summed E-state index contributed by atoms with van der Waals surface area (Å²) in [5, 5.41) is 0.711. The van der Waals surface area contributed by atoms with Gasteiger partial charge < -0.3 is 10.5 Å². The van der Waals surface area contributed by atoms with Crippen LogP contribution in [0, 0.1) is 6.92 Å². The minimum absolute atomic E-state index is 0.244. The van der Waals surface area contributed by atoms with E-state index in [4.69, 9.17) is 22.1 Å². The smallest absolute Gasteiger partial charge is 0.123 e. The van der Waals surface area contributed by atoms with Crippen LogP contribution in [0.5, 0.6) is 5.75 Å². The molecule has 1 rings (SSSR count). The highest BCUT2D eigenvalue weighted by molar-refractivity contribution is 6.30. The highest BCUT2D eigenvalue weighted by Gasteiger charge is 2.01. The van der Waals surface area contributed by atoms with Gasteiger partial charge in [-0.25, -0.2) is 0 Å². The Hall–Kier alpha value is -0.730. The second-order valence-electron chi connectivity index (χ2n) is 3.88. The number of nitrogens with two attached hydrogens (primary N) is 1. The van der Waals surface area contributed by atoms with Gasteiger partial charge in [-0.05, 0) is 44.4 Å². The quantitative estimate of drug-likeness (QED) is 0.785. The van der Waals surface area contributed by atoms with E-state index < -0.39 is 0 Å². The third-order valence-electron chi connectivity index (χ3n) is 2.21. The van der Waals surface area contributed by atoms with Crippen LogP contribution < -0.4 is 10.5 Å². The zero-order valence-electron chi connectivity index (χ0n) is 9.29. The Morgan fingerprint density at radius 3 is 2.87 bits per heavy atom. The summed E-state index contributed by atoms with van der Waals surface area (Å²) in [5.74, 6) is 0.868. The minimum Gasteiger partial charge on any atom is -0.493 e. The molecule has 1 unspecified atom stereocenters. The van der Waals surface area contributed by atoms with Gasteiger partial charge in [0.25, 0.3) is 0 Å². The lowest BCUT2D eigenvalue weighted by atomic mass is 10.2. The first-order valence-corrected chi connectivity index (χ1v) is 5.62. The molecule has 0 bridgehead atoms. The Morgan fingerprint density at radius 1 is 1.47 bits per heavy atom. The predicted molar refractivity (Wildman–Crippen MR) is 64.6 cm³/mol. The average molecular weight is 228 g/mol. The molecule has 2 N–H and O–H groups in total. The molecule has 2 nitrogen and oxygen atoms in total. The van der Waals surface area contributed by atoms with E-state index in [2.05, 4.69) is 0 Å². The summed E-state index contributed by atoms with van der Waals surface area (Å²) in [5.41, 5.74) is 6.76. The van der Waals surface area contributed by atoms with Gasteiger partial charge in [0, 0.05) is 11.1 Å². The summed E-state index contributed by atoms with van der Waals surface area (Å²) in [7, 11) is 0. The lowest BCUT2D eigenvalue weighted by Gasteiger charge is -2.10. The van der Waals surface area contributed by atoms with Crippen molar-refractivity contribution in [1.82, 2.24) is 0 Å². The molecule has 0 saturated carbocycles. The van der Waals surface area contributed by atoms with E-state index >= 15 is 0 Å². The molecular formula is C12H18ClNO. The second-order valence-corrected chi connectivity index (χ2v) is 4.31. The summed E-state index contributed by atoms with van der Waals surface area (Å²) in [6.07, 6.45) is 1.96. The van der Waals surface area contributed by atoms with Gasteiger partial charge in [0.15, 0.2) is 0 Å². The summed E-state index contributed by atoms with van der Waals surface area (Å²) in [6, 6.07) is 5.92. The van der Waals surface area contributed by atoms with Crippen LogP contribution in [0.1, 0.15) is 25.3 Å². The molecule has 3 heteroatoms. The largest absolute Gasteiger partial charge is 0.493 e. The van der Waals surface area contributed by atoms with Crippen molar-refractivity contribution in [1.29, 1.82) is 0 Å². The Bertz CT molecular complexity index is 312. The lowest BCUT2D eigenvalue weighted by Crippen LogP contribution is -2.15. The van der Waals surface area contributed by atoms with Gasteiger partial charge in [-0.2, -0.15) is 0 Å². The highest BCUT2D eigenvalue weighted by atomic mass is 35.5.